The van der Waals surface area contributed by atoms with Gasteiger partial charge in [0.1, 0.15) is 5.82 Å². The molecule has 2 aromatic rings. The van der Waals surface area contributed by atoms with E-state index in [1.165, 1.54) is 5.56 Å². The Hall–Kier alpha value is -1.82. The second kappa shape index (κ2) is 7.17. The molecule has 1 aliphatic heterocycles. The predicted octanol–water partition coefficient (Wildman–Crippen LogP) is 3.12. The summed E-state index contributed by atoms with van der Waals surface area (Å²) in [6.45, 7) is 4.01. The maximum absolute atomic E-state index is 11.4. The Morgan fingerprint density at radius 2 is 2.04 bits per heavy atom. The van der Waals surface area contributed by atoms with Gasteiger partial charge in [-0.2, -0.15) is 5.10 Å². The minimum atomic E-state index is 0.169. The Morgan fingerprint density at radius 3 is 2.74 bits per heavy atom. The van der Waals surface area contributed by atoms with E-state index in [2.05, 4.69) is 32.4 Å². The molecule has 0 saturated carbocycles. The number of aromatic nitrogens is 2. The van der Waals surface area contributed by atoms with Gasteiger partial charge in [-0.25, -0.2) is 4.68 Å². The van der Waals surface area contributed by atoms with Crippen LogP contribution < -0.4 is 5.32 Å². The molecule has 1 saturated heterocycles. The Bertz CT molecular complexity index is 677. The largest absolute Gasteiger partial charge is 0.367 e. The van der Waals surface area contributed by atoms with Gasteiger partial charge in [0.15, 0.2) is 0 Å². The molecule has 0 atom stereocenters. The number of hydrogen-bond donors (Lipinski definition) is 1. The van der Waals surface area contributed by atoms with Gasteiger partial charge >= 0.3 is 0 Å². The second-order valence-electron chi connectivity index (χ2n) is 5.89. The molecule has 0 spiro atoms. The van der Waals surface area contributed by atoms with Gasteiger partial charge in [0.25, 0.3) is 0 Å². The smallest absolute Gasteiger partial charge is 0.219 e. The summed E-state index contributed by atoms with van der Waals surface area (Å²) in [5.74, 6) is 1.20. The van der Waals surface area contributed by atoms with Crippen molar-refractivity contribution in [2.24, 2.45) is 0 Å². The molecule has 122 valence electrons. The van der Waals surface area contributed by atoms with Crippen molar-refractivity contribution in [2.45, 2.75) is 32.4 Å². The summed E-state index contributed by atoms with van der Waals surface area (Å²) < 4.78 is 3.08. The molecule has 0 unspecified atom stereocenters. The first-order chi connectivity index (χ1) is 11.1. The van der Waals surface area contributed by atoms with Crippen molar-refractivity contribution in [3.05, 3.63) is 46.6 Å². The third-order valence-electron chi connectivity index (χ3n) is 4.29. The zero-order valence-corrected chi connectivity index (χ0v) is 14.8. The monoisotopic (exact) mass is 376 g/mol. The number of carbonyl (C=O) groups is 1. The van der Waals surface area contributed by atoms with Crippen molar-refractivity contribution in [1.82, 2.24) is 14.7 Å². The zero-order chi connectivity index (χ0) is 16.2. The van der Waals surface area contributed by atoms with Gasteiger partial charge in [0, 0.05) is 36.6 Å². The molecule has 23 heavy (non-hydrogen) atoms. The summed E-state index contributed by atoms with van der Waals surface area (Å²) in [6, 6.07) is 10.6. The SMILES string of the molecule is CC(=O)N1CCC(Nc2ccnn2Cc2ccccc2Br)CC1. The van der Waals surface area contributed by atoms with Crippen LogP contribution >= 0.6 is 15.9 Å². The number of carbonyl (C=O) groups excluding carboxylic acids is 1. The van der Waals surface area contributed by atoms with Crippen molar-refractivity contribution in [1.29, 1.82) is 0 Å². The van der Waals surface area contributed by atoms with Crippen LogP contribution in [0.25, 0.3) is 0 Å². The van der Waals surface area contributed by atoms with Crippen molar-refractivity contribution in [3.63, 3.8) is 0 Å². The van der Waals surface area contributed by atoms with Gasteiger partial charge < -0.3 is 10.2 Å². The highest BCUT2D eigenvalue weighted by molar-refractivity contribution is 9.10. The highest BCUT2D eigenvalue weighted by atomic mass is 79.9. The number of likely N-dealkylation sites (tertiary alicyclic amines) is 1. The van der Waals surface area contributed by atoms with Crippen molar-refractivity contribution in [2.75, 3.05) is 18.4 Å². The van der Waals surface area contributed by atoms with Crippen LogP contribution in [0.1, 0.15) is 25.3 Å². The number of anilines is 1. The van der Waals surface area contributed by atoms with Crippen LogP contribution in [0.15, 0.2) is 41.0 Å². The number of halogens is 1. The van der Waals surface area contributed by atoms with Gasteiger partial charge in [-0.15, -0.1) is 0 Å². The van der Waals surface area contributed by atoms with Gasteiger partial charge in [0.05, 0.1) is 12.7 Å². The van der Waals surface area contributed by atoms with Gasteiger partial charge in [-0.1, -0.05) is 34.1 Å². The molecule has 1 aromatic carbocycles. The average Bonchev–Trinajstić information content (AvgIpc) is 2.97. The standard InChI is InChI=1S/C17H21BrN4O/c1-13(23)21-10-7-15(8-11-21)20-17-6-9-19-22(17)12-14-4-2-3-5-16(14)18/h2-6,9,15,20H,7-8,10-12H2,1H3. The van der Waals surface area contributed by atoms with Crippen molar-refractivity contribution in [3.8, 4) is 0 Å². The van der Waals surface area contributed by atoms with E-state index in [4.69, 9.17) is 0 Å². The maximum Gasteiger partial charge on any atom is 0.219 e. The van der Waals surface area contributed by atoms with Gasteiger partial charge in [0.2, 0.25) is 5.91 Å². The van der Waals surface area contributed by atoms with E-state index >= 15 is 0 Å². The molecule has 3 rings (SSSR count). The highest BCUT2D eigenvalue weighted by Gasteiger charge is 2.21. The molecule has 1 aromatic heterocycles. The van der Waals surface area contributed by atoms with Crippen LogP contribution in [-0.4, -0.2) is 39.7 Å². The number of hydrogen-bond acceptors (Lipinski definition) is 3. The Labute approximate surface area is 144 Å². The lowest BCUT2D eigenvalue weighted by Gasteiger charge is -2.32. The fourth-order valence-electron chi connectivity index (χ4n) is 2.92. The van der Waals surface area contributed by atoms with E-state index in [1.54, 1.807) is 6.92 Å². The maximum atomic E-state index is 11.4. The number of nitrogens with zero attached hydrogens (tertiary/aromatic N) is 3. The number of amides is 1. The van der Waals surface area contributed by atoms with E-state index in [1.807, 2.05) is 40.0 Å². The fraction of sp³-hybridized carbons (Fsp3) is 0.412. The van der Waals surface area contributed by atoms with Crippen LogP contribution in [0.3, 0.4) is 0 Å². The molecule has 1 aliphatic rings. The first kappa shape index (κ1) is 16.1. The fourth-order valence-corrected chi connectivity index (χ4v) is 3.33. The summed E-state index contributed by atoms with van der Waals surface area (Å²) in [5.41, 5.74) is 1.20. The molecular weight excluding hydrogens is 356 g/mol. The molecule has 6 heteroatoms. The summed E-state index contributed by atoms with van der Waals surface area (Å²) in [4.78, 5) is 13.3. The van der Waals surface area contributed by atoms with Crippen molar-refractivity contribution < 1.29 is 4.79 Å². The average molecular weight is 377 g/mol. The van der Waals surface area contributed by atoms with Crippen LogP contribution in [-0.2, 0) is 11.3 Å². The van der Waals surface area contributed by atoms with E-state index in [-0.39, 0.29) is 5.91 Å². The Morgan fingerprint density at radius 1 is 1.30 bits per heavy atom. The highest BCUT2D eigenvalue weighted by Crippen LogP contribution is 2.20. The minimum absolute atomic E-state index is 0.169. The number of rotatable bonds is 4. The quantitative estimate of drug-likeness (QED) is 0.891. The summed E-state index contributed by atoms with van der Waals surface area (Å²) in [7, 11) is 0. The van der Waals surface area contributed by atoms with E-state index in [0.29, 0.717) is 6.04 Å². The number of piperidine rings is 1. The lowest BCUT2D eigenvalue weighted by molar-refractivity contribution is -0.129. The van der Waals surface area contributed by atoms with Crippen LogP contribution in [0.4, 0.5) is 5.82 Å². The summed E-state index contributed by atoms with van der Waals surface area (Å²) in [5, 5.41) is 8.01. The van der Waals surface area contributed by atoms with Crippen LogP contribution in [0.2, 0.25) is 0 Å². The third kappa shape index (κ3) is 3.93. The zero-order valence-electron chi connectivity index (χ0n) is 13.2. The molecule has 2 heterocycles. The van der Waals surface area contributed by atoms with Crippen LogP contribution in [0.5, 0.6) is 0 Å². The van der Waals surface area contributed by atoms with E-state index < -0.39 is 0 Å². The van der Waals surface area contributed by atoms with E-state index in [0.717, 1.165) is 42.8 Å². The molecule has 0 radical (unpaired) electrons. The molecule has 1 fully saturated rings. The first-order valence-corrected chi connectivity index (χ1v) is 8.70. The predicted molar refractivity (Wildman–Crippen MR) is 94.4 cm³/mol. The topological polar surface area (TPSA) is 50.2 Å². The third-order valence-corrected chi connectivity index (χ3v) is 5.06. The molecule has 5 nitrogen and oxygen atoms in total. The van der Waals surface area contributed by atoms with Gasteiger partial charge in [-0.05, 0) is 24.5 Å². The lowest BCUT2D eigenvalue weighted by Crippen LogP contribution is -2.41. The Kier molecular flexibility index (Phi) is 5.00. The molecular formula is C17H21BrN4O. The molecule has 1 amide bonds. The molecule has 0 bridgehead atoms. The lowest BCUT2D eigenvalue weighted by atomic mass is 10.1. The normalized spacial score (nSPS) is 15.7. The first-order valence-electron chi connectivity index (χ1n) is 7.91. The van der Waals surface area contributed by atoms with Crippen LogP contribution in [0, 0.1) is 0 Å². The van der Waals surface area contributed by atoms with Gasteiger partial charge in [-0.3, -0.25) is 4.79 Å². The second-order valence-corrected chi connectivity index (χ2v) is 6.74. The number of nitrogens with one attached hydrogen (secondary N) is 1. The van der Waals surface area contributed by atoms with E-state index in [9.17, 15) is 4.79 Å². The minimum Gasteiger partial charge on any atom is -0.367 e. The summed E-state index contributed by atoms with van der Waals surface area (Å²) in [6.07, 6.45) is 3.77. The molecule has 1 N–H and O–H groups in total. The van der Waals surface area contributed by atoms with Crippen molar-refractivity contribution >= 4 is 27.7 Å². The summed E-state index contributed by atoms with van der Waals surface area (Å²) >= 11 is 3.59. The Balaban J connectivity index is 1.63. The molecule has 0 aliphatic carbocycles. The number of benzene rings is 1.